The first-order valence-electron chi connectivity index (χ1n) is 8.00. The van der Waals surface area contributed by atoms with Crippen LogP contribution in [0, 0.1) is 0 Å². The number of ether oxygens (including phenoxy) is 1. The molecule has 6 heteroatoms. The number of rotatable bonds is 6. The molecule has 0 atom stereocenters. The first kappa shape index (κ1) is 18.7. The highest BCUT2D eigenvalue weighted by molar-refractivity contribution is 5.78. The molecular weight excluding hydrogens is 282 g/mol. The molecule has 0 aromatic rings. The first-order valence-corrected chi connectivity index (χ1v) is 8.00. The summed E-state index contributed by atoms with van der Waals surface area (Å²) in [6, 6.07) is 0.377. The molecule has 1 fully saturated rings. The van der Waals surface area contributed by atoms with Gasteiger partial charge in [-0.05, 0) is 54.4 Å². The number of nitrogens with one attached hydrogen (secondary N) is 2. The van der Waals surface area contributed by atoms with Gasteiger partial charge in [0, 0.05) is 24.7 Å². The largest absolute Gasteiger partial charge is 0.444 e. The lowest BCUT2D eigenvalue weighted by Crippen LogP contribution is -2.50. The van der Waals surface area contributed by atoms with Crippen LogP contribution in [0.4, 0.5) is 4.79 Å². The van der Waals surface area contributed by atoms with Gasteiger partial charge in [0.05, 0.1) is 6.54 Å². The summed E-state index contributed by atoms with van der Waals surface area (Å²) in [5, 5.41) is 6.00. The van der Waals surface area contributed by atoms with E-state index in [1.54, 1.807) is 4.90 Å². The van der Waals surface area contributed by atoms with Crippen molar-refractivity contribution >= 4 is 12.0 Å². The second kappa shape index (κ2) is 7.31. The van der Waals surface area contributed by atoms with E-state index in [0.717, 1.165) is 12.8 Å². The molecule has 2 N–H and O–H groups in total. The monoisotopic (exact) mass is 313 g/mol. The van der Waals surface area contributed by atoms with Gasteiger partial charge in [0.25, 0.3) is 0 Å². The molecular formula is C16H31N3O3. The smallest absolute Gasteiger partial charge is 0.410 e. The van der Waals surface area contributed by atoms with Crippen LogP contribution in [0.2, 0.25) is 0 Å². The Labute approximate surface area is 134 Å². The number of carbonyl (C=O) groups excluding carboxylic acids is 2. The lowest BCUT2D eigenvalue weighted by molar-refractivity contribution is -0.120. The summed E-state index contributed by atoms with van der Waals surface area (Å²) >= 11 is 0. The quantitative estimate of drug-likeness (QED) is 0.735. The topological polar surface area (TPSA) is 70.7 Å². The van der Waals surface area contributed by atoms with Crippen LogP contribution in [0.3, 0.4) is 0 Å². The number of amides is 2. The van der Waals surface area contributed by atoms with Crippen molar-refractivity contribution in [3.63, 3.8) is 0 Å². The minimum absolute atomic E-state index is 0.0158. The molecule has 0 aromatic carbocycles. The maximum Gasteiger partial charge on any atom is 0.410 e. The number of hydrogen-bond acceptors (Lipinski definition) is 4. The van der Waals surface area contributed by atoms with E-state index >= 15 is 0 Å². The summed E-state index contributed by atoms with van der Waals surface area (Å²) in [6.45, 7) is 12.8. The van der Waals surface area contributed by atoms with Gasteiger partial charge in [0.2, 0.25) is 5.91 Å². The maximum absolute atomic E-state index is 12.3. The van der Waals surface area contributed by atoms with E-state index in [1.165, 1.54) is 0 Å². The van der Waals surface area contributed by atoms with Gasteiger partial charge in [-0.25, -0.2) is 4.79 Å². The van der Waals surface area contributed by atoms with Crippen molar-refractivity contribution in [1.29, 1.82) is 0 Å². The Morgan fingerprint density at radius 2 is 1.73 bits per heavy atom. The summed E-state index contributed by atoms with van der Waals surface area (Å²) in [6.07, 6.45) is 1.84. The summed E-state index contributed by atoms with van der Waals surface area (Å²) < 4.78 is 5.45. The van der Waals surface area contributed by atoms with Crippen LogP contribution in [0.1, 0.15) is 54.4 Å². The van der Waals surface area contributed by atoms with Crippen molar-refractivity contribution < 1.29 is 14.3 Å². The van der Waals surface area contributed by atoms with Gasteiger partial charge in [0.15, 0.2) is 0 Å². The molecule has 0 saturated heterocycles. The van der Waals surface area contributed by atoms with Crippen LogP contribution in [-0.4, -0.2) is 53.7 Å². The van der Waals surface area contributed by atoms with Gasteiger partial charge in [-0.3, -0.25) is 4.79 Å². The van der Waals surface area contributed by atoms with Crippen molar-refractivity contribution in [2.24, 2.45) is 0 Å². The zero-order valence-corrected chi connectivity index (χ0v) is 14.8. The SMILES string of the molecule is CC(C)(C)OC(=O)N(CCNCC(=O)NC1CC1)C(C)(C)C. The highest BCUT2D eigenvalue weighted by Gasteiger charge is 2.30. The molecule has 22 heavy (non-hydrogen) atoms. The van der Waals surface area contributed by atoms with E-state index in [9.17, 15) is 9.59 Å². The highest BCUT2D eigenvalue weighted by atomic mass is 16.6. The Morgan fingerprint density at radius 3 is 2.18 bits per heavy atom. The molecule has 0 bridgehead atoms. The number of hydrogen-bond donors (Lipinski definition) is 2. The first-order chi connectivity index (χ1) is 9.99. The molecule has 0 heterocycles. The maximum atomic E-state index is 12.3. The number of carbonyl (C=O) groups is 2. The van der Waals surface area contributed by atoms with E-state index in [4.69, 9.17) is 4.74 Å². The molecule has 0 radical (unpaired) electrons. The highest BCUT2D eigenvalue weighted by Crippen LogP contribution is 2.18. The molecule has 128 valence electrons. The minimum atomic E-state index is -0.516. The zero-order chi connectivity index (χ0) is 17.0. The van der Waals surface area contributed by atoms with E-state index in [2.05, 4.69) is 10.6 Å². The number of nitrogens with zero attached hydrogens (tertiary/aromatic N) is 1. The van der Waals surface area contributed by atoms with Crippen LogP contribution in [0.5, 0.6) is 0 Å². The second-order valence-corrected chi connectivity index (χ2v) is 7.82. The molecule has 1 aliphatic rings. The van der Waals surface area contributed by atoms with Crippen molar-refractivity contribution in [3.05, 3.63) is 0 Å². The van der Waals surface area contributed by atoms with Crippen LogP contribution in [0.25, 0.3) is 0 Å². The van der Waals surface area contributed by atoms with Gasteiger partial charge in [0.1, 0.15) is 5.60 Å². The predicted molar refractivity (Wildman–Crippen MR) is 86.7 cm³/mol. The van der Waals surface area contributed by atoms with Crippen molar-refractivity contribution in [2.45, 2.75) is 71.6 Å². The average molecular weight is 313 g/mol. The van der Waals surface area contributed by atoms with Crippen LogP contribution >= 0.6 is 0 Å². The molecule has 1 saturated carbocycles. The van der Waals surface area contributed by atoms with Crippen LogP contribution in [0.15, 0.2) is 0 Å². The lowest BCUT2D eigenvalue weighted by Gasteiger charge is -2.36. The Hall–Kier alpha value is -1.30. The standard InChI is InChI=1S/C16H31N3O3/c1-15(2,3)19(14(21)22-16(4,5)6)10-9-17-11-13(20)18-12-7-8-12/h12,17H,7-11H2,1-6H3,(H,18,20). The normalized spacial score (nSPS) is 15.4. The van der Waals surface area contributed by atoms with Crippen LogP contribution < -0.4 is 10.6 Å². The van der Waals surface area contributed by atoms with E-state index < -0.39 is 5.60 Å². The van der Waals surface area contributed by atoms with Gasteiger partial charge in [-0.2, -0.15) is 0 Å². The van der Waals surface area contributed by atoms with Gasteiger partial charge < -0.3 is 20.3 Å². The van der Waals surface area contributed by atoms with Gasteiger partial charge in [-0.1, -0.05) is 0 Å². The molecule has 0 unspecified atom stereocenters. The Morgan fingerprint density at radius 1 is 1.14 bits per heavy atom. The van der Waals surface area contributed by atoms with E-state index in [1.807, 2.05) is 41.5 Å². The van der Waals surface area contributed by atoms with Gasteiger partial charge >= 0.3 is 6.09 Å². The molecule has 6 nitrogen and oxygen atoms in total. The third kappa shape index (κ3) is 7.64. The fraction of sp³-hybridized carbons (Fsp3) is 0.875. The Balaban J connectivity index is 2.38. The molecule has 1 rings (SSSR count). The summed E-state index contributed by atoms with van der Waals surface area (Å²) in [5.74, 6) is 0.0158. The molecule has 0 aromatic heterocycles. The summed E-state index contributed by atoms with van der Waals surface area (Å²) in [7, 11) is 0. The summed E-state index contributed by atoms with van der Waals surface area (Å²) in [4.78, 5) is 25.5. The third-order valence-electron chi connectivity index (χ3n) is 3.16. The third-order valence-corrected chi connectivity index (χ3v) is 3.16. The Bertz CT molecular complexity index is 392. The zero-order valence-electron chi connectivity index (χ0n) is 14.8. The fourth-order valence-electron chi connectivity index (χ4n) is 1.92. The minimum Gasteiger partial charge on any atom is -0.444 e. The molecule has 0 aliphatic heterocycles. The average Bonchev–Trinajstić information content (AvgIpc) is 3.08. The summed E-state index contributed by atoms with van der Waals surface area (Å²) in [5.41, 5.74) is -0.849. The second-order valence-electron chi connectivity index (χ2n) is 7.82. The lowest BCUT2D eigenvalue weighted by atomic mass is 10.1. The van der Waals surface area contributed by atoms with Crippen molar-refractivity contribution in [1.82, 2.24) is 15.5 Å². The predicted octanol–water partition coefficient (Wildman–Crippen LogP) is 1.89. The van der Waals surface area contributed by atoms with Crippen molar-refractivity contribution in [3.8, 4) is 0 Å². The molecule has 1 aliphatic carbocycles. The van der Waals surface area contributed by atoms with E-state index in [0.29, 0.717) is 19.1 Å². The Kier molecular flexibility index (Phi) is 6.23. The van der Waals surface area contributed by atoms with Crippen LogP contribution in [-0.2, 0) is 9.53 Å². The van der Waals surface area contributed by atoms with Gasteiger partial charge in [-0.15, -0.1) is 0 Å². The van der Waals surface area contributed by atoms with E-state index in [-0.39, 0.29) is 24.1 Å². The molecule has 2 amide bonds. The fourth-order valence-corrected chi connectivity index (χ4v) is 1.92. The van der Waals surface area contributed by atoms with Crippen molar-refractivity contribution in [2.75, 3.05) is 19.6 Å². The molecule has 0 spiro atoms.